The van der Waals surface area contributed by atoms with Gasteiger partial charge in [0.25, 0.3) is 10.2 Å². The maximum atomic E-state index is 13.2. The number of hydrogen-bond donors (Lipinski definition) is 0. The third kappa shape index (κ3) is 4.91. The first-order valence-electron chi connectivity index (χ1n) is 8.90. The molecule has 0 aliphatic carbocycles. The highest BCUT2D eigenvalue weighted by Gasteiger charge is 2.30. The van der Waals surface area contributed by atoms with E-state index in [0.29, 0.717) is 26.2 Å². The molecule has 2 heterocycles. The molecular weight excluding hydrogens is 352 g/mol. The van der Waals surface area contributed by atoms with E-state index in [-0.39, 0.29) is 0 Å². The minimum absolute atomic E-state index is 0.462. The Labute approximate surface area is 155 Å². The fraction of sp³-hybridized carbons (Fsp3) is 0.474. The maximum Gasteiger partial charge on any atom is 0.282 e. The zero-order valence-electron chi connectivity index (χ0n) is 14.7. The summed E-state index contributed by atoms with van der Waals surface area (Å²) in [6.45, 7) is 4.33. The van der Waals surface area contributed by atoms with Gasteiger partial charge in [-0.3, -0.25) is 0 Å². The summed E-state index contributed by atoms with van der Waals surface area (Å²) in [5, 5.41) is 0. The summed E-state index contributed by atoms with van der Waals surface area (Å²) in [7, 11) is -3.41. The zero-order chi connectivity index (χ0) is 17.7. The monoisotopic (exact) mass is 378 g/mol. The Morgan fingerprint density at radius 2 is 1.76 bits per heavy atom. The first-order valence-corrected chi connectivity index (χ1v) is 11.1. The van der Waals surface area contributed by atoms with Crippen LogP contribution in [0.15, 0.2) is 42.5 Å². The van der Waals surface area contributed by atoms with Crippen LogP contribution in [0.2, 0.25) is 0 Å². The molecule has 0 atom stereocenters. The quantitative estimate of drug-likeness (QED) is 0.735. The number of piperidine rings is 1. The highest BCUT2D eigenvalue weighted by Crippen LogP contribution is 2.22. The zero-order valence-corrected chi connectivity index (χ0v) is 16.4. The van der Waals surface area contributed by atoms with Crippen LogP contribution < -0.4 is 0 Å². The van der Waals surface area contributed by atoms with E-state index in [0.717, 1.165) is 30.6 Å². The van der Waals surface area contributed by atoms with Crippen LogP contribution in [0.4, 0.5) is 0 Å². The highest BCUT2D eigenvalue weighted by atomic mass is 32.2. The molecule has 1 aliphatic heterocycles. The van der Waals surface area contributed by atoms with Crippen LogP contribution in [0.5, 0.6) is 0 Å². The molecule has 0 spiro atoms. The molecule has 1 saturated heterocycles. The van der Waals surface area contributed by atoms with E-state index in [1.165, 1.54) is 10.4 Å². The predicted molar refractivity (Wildman–Crippen MR) is 104 cm³/mol. The molecule has 3 rings (SSSR count). The lowest BCUT2D eigenvalue weighted by molar-refractivity contribution is 0.301. The second-order valence-electron chi connectivity index (χ2n) is 6.55. The number of rotatable bonds is 7. The van der Waals surface area contributed by atoms with Crippen molar-refractivity contribution >= 4 is 21.5 Å². The lowest BCUT2D eigenvalue weighted by atomic mass is 10.1. The van der Waals surface area contributed by atoms with Gasteiger partial charge in [-0.15, -0.1) is 11.3 Å². The molecule has 6 heteroatoms. The largest absolute Gasteiger partial charge is 0.282 e. The molecule has 136 valence electrons. The van der Waals surface area contributed by atoms with E-state index in [1.807, 2.05) is 24.3 Å². The number of aryl methyl sites for hydroxylation is 1. The van der Waals surface area contributed by atoms with Crippen LogP contribution in [0.3, 0.4) is 0 Å². The number of thiophene rings is 1. The summed E-state index contributed by atoms with van der Waals surface area (Å²) in [5.74, 6) is 0. The van der Waals surface area contributed by atoms with Gasteiger partial charge in [0.2, 0.25) is 0 Å². The van der Waals surface area contributed by atoms with E-state index in [1.54, 1.807) is 19.9 Å². The second-order valence-corrected chi connectivity index (χ2v) is 9.85. The van der Waals surface area contributed by atoms with Crippen LogP contribution in [0.25, 0.3) is 0 Å². The van der Waals surface area contributed by atoms with Crippen molar-refractivity contribution in [2.24, 2.45) is 0 Å². The lowest BCUT2D eigenvalue weighted by Crippen LogP contribution is -2.46. The summed E-state index contributed by atoms with van der Waals surface area (Å²) >= 11 is 1.68. The van der Waals surface area contributed by atoms with Gasteiger partial charge in [0.05, 0.1) is 0 Å². The molecule has 2 aromatic rings. The SMILES string of the molecule is Cc1ccc(CN(CCc2ccccc2)S(=O)(=O)N2CCCCC2)s1. The molecule has 1 fully saturated rings. The molecule has 0 N–H and O–H groups in total. The lowest BCUT2D eigenvalue weighted by Gasteiger charge is -2.32. The summed E-state index contributed by atoms with van der Waals surface area (Å²) in [5.41, 5.74) is 1.17. The summed E-state index contributed by atoms with van der Waals surface area (Å²) in [6.07, 6.45) is 3.78. The van der Waals surface area contributed by atoms with Crippen LogP contribution in [-0.2, 0) is 23.2 Å². The smallest absolute Gasteiger partial charge is 0.195 e. The van der Waals surface area contributed by atoms with Gasteiger partial charge in [-0.1, -0.05) is 36.8 Å². The van der Waals surface area contributed by atoms with Crippen molar-refractivity contribution < 1.29 is 8.42 Å². The Kier molecular flexibility index (Phi) is 6.28. The fourth-order valence-corrected chi connectivity index (χ4v) is 5.84. The Hall–Kier alpha value is -1.21. The molecule has 0 radical (unpaired) electrons. The third-order valence-corrected chi connectivity index (χ3v) is 7.56. The van der Waals surface area contributed by atoms with Gasteiger partial charge in [0, 0.05) is 35.9 Å². The van der Waals surface area contributed by atoms with E-state index in [9.17, 15) is 8.42 Å². The molecule has 4 nitrogen and oxygen atoms in total. The molecule has 1 aromatic heterocycles. The molecular formula is C19H26N2O2S2. The van der Waals surface area contributed by atoms with Gasteiger partial charge in [0.15, 0.2) is 0 Å². The minimum Gasteiger partial charge on any atom is -0.195 e. The van der Waals surface area contributed by atoms with Crippen molar-refractivity contribution in [1.29, 1.82) is 0 Å². The highest BCUT2D eigenvalue weighted by molar-refractivity contribution is 7.86. The van der Waals surface area contributed by atoms with Crippen molar-refractivity contribution in [2.75, 3.05) is 19.6 Å². The van der Waals surface area contributed by atoms with Gasteiger partial charge < -0.3 is 0 Å². The Morgan fingerprint density at radius 3 is 2.40 bits per heavy atom. The van der Waals surface area contributed by atoms with E-state index >= 15 is 0 Å². The fourth-order valence-electron chi connectivity index (χ4n) is 3.18. The number of nitrogens with zero attached hydrogens (tertiary/aromatic N) is 2. The maximum absolute atomic E-state index is 13.2. The average molecular weight is 379 g/mol. The van der Waals surface area contributed by atoms with Crippen molar-refractivity contribution in [3.63, 3.8) is 0 Å². The molecule has 1 aromatic carbocycles. The molecule has 0 unspecified atom stereocenters. The topological polar surface area (TPSA) is 40.6 Å². The number of benzene rings is 1. The summed E-state index contributed by atoms with van der Waals surface area (Å²) < 4.78 is 29.7. The predicted octanol–water partition coefficient (Wildman–Crippen LogP) is 3.83. The third-order valence-electron chi connectivity index (χ3n) is 4.59. The van der Waals surface area contributed by atoms with Crippen LogP contribution in [0.1, 0.15) is 34.6 Å². The normalized spacial score (nSPS) is 16.4. The average Bonchev–Trinajstić information content (AvgIpc) is 3.05. The van der Waals surface area contributed by atoms with E-state index in [2.05, 4.69) is 25.1 Å². The first kappa shape index (κ1) is 18.6. The molecule has 25 heavy (non-hydrogen) atoms. The van der Waals surface area contributed by atoms with Crippen LogP contribution >= 0.6 is 11.3 Å². The Bertz CT molecular complexity index is 766. The van der Waals surface area contributed by atoms with E-state index in [4.69, 9.17) is 0 Å². The Morgan fingerprint density at radius 1 is 1.04 bits per heavy atom. The summed E-state index contributed by atoms with van der Waals surface area (Å²) in [6, 6.07) is 14.2. The molecule has 1 aliphatic rings. The van der Waals surface area contributed by atoms with Crippen molar-refractivity contribution in [1.82, 2.24) is 8.61 Å². The second kappa shape index (κ2) is 8.45. The minimum atomic E-state index is -3.41. The van der Waals surface area contributed by atoms with Gasteiger partial charge in [0.1, 0.15) is 0 Å². The molecule has 0 bridgehead atoms. The van der Waals surface area contributed by atoms with Gasteiger partial charge in [-0.2, -0.15) is 17.0 Å². The van der Waals surface area contributed by atoms with E-state index < -0.39 is 10.2 Å². The summed E-state index contributed by atoms with van der Waals surface area (Å²) in [4.78, 5) is 2.32. The molecule has 0 amide bonds. The van der Waals surface area contributed by atoms with Gasteiger partial charge >= 0.3 is 0 Å². The van der Waals surface area contributed by atoms with Crippen molar-refractivity contribution in [2.45, 2.75) is 39.2 Å². The molecule has 0 saturated carbocycles. The van der Waals surface area contributed by atoms with Crippen LogP contribution in [0, 0.1) is 6.92 Å². The van der Waals surface area contributed by atoms with Crippen molar-refractivity contribution in [3.05, 3.63) is 57.8 Å². The Balaban J connectivity index is 1.77. The van der Waals surface area contributed by atoms with Crippen LogP contribution in [-0.4, -0.2) is 36.7 Å². The number of hydrogen-bond acceptors (Lipinski definition) is 3. The van der Waals surface area contributed by atoms with Gasteiger partial charge in [-0.25, -0.2) is 0 Å². The van der Waals surface area contributed by atoms with Crippen molar-refractivity contribution in [3.8, 4) is 0 Å². The standard InChI is InChI=1S/C19H26N2O2S2/c1-17-10-11-19(24-17)16-21(15-12-18-8-4-2-5-9-18)25(22,23)20-13-6-3-7-14-20/h2,4-5,8-11H,3,6-7,12-16H2,1H3. The first-order chi connectivity index (χ1) is 12.1. The van der Waals surface area contributed by atoms with Gasteiger partial charge in [-0.05, 0) is 43.9 Å².